The average Bonchev–Trinajstić information content (AvgIpc) is 3.32. The fraction of sp³-hybridized carbons (Fsp3) is 0.286. The third kappa shape index (κ3) is 4.10. The molecular formula is C28H26BrN3O4S. The number of carbonyl (C=O) groups is 1. The quantitative estimate of drug-likeness (QED) is 0.390. The molecule has 3 heterocycles. The normalized spacial score (nSPS) is 23.1. The van der Waals surface area contributed by atoms with Crippen molar-refractivity contribution < 1.29 is 19.0 Å². The molecule has 0 spiro atoms. The maximum atomic E-state index is 14.0. The Labute approximate surface area is 229 Å². The summed E-state index contributed by atoms with van der Waals surface area (Å²) in [5.74, 6) is 1.39. The summed E-state index contributed by atoms with van der Waals surface area (Å²) in [7, 11) is 0. The maximum Gasteiger partial charge on any atom is 0.236 e. The van der Waals surface area contributed by atoms with Crippen LogP contribution in [0.25, 0.3) is 0 Å². The number of anilines is 1. The summed E-state index contributed by atoms with van der Waals surface area (Å²) in [6.45, 7) is 6.60. The molecule has 3 aromatic carbocycles. The summed E-state index contributed by atoms with van der Waals surface area (Å²) in [5.41, 5.74) is 3.73. The fourth-order valence-electron chi connectivity index (χ4n) is 5.44. The number of nitrogens with zero attached hydrogens (tertiary/aromatic N) is 1. The highest BCUT2D eigenvalue weighted by Gasteiger charge is 2.58. The molecule has 37 heavy (non-hydrogen) atoms. The van der Waals surface area contributed by atoms with E-state index in [-0.39, 0.29) is 18.7 Å². The van der Waals surface area contributed by atoms with Gasteiger partial charge in [0.05, 0.1) is 6.04 Å². The van der Waals surface area contributed by atoms with Gasteiger partial charge in [-0.25, -0.2) is 0 Å². The van der Waals surface area contributed by atoms with Gasteiger partial charge in [-0.15, -0.1) is 0 Å². The molecule has 3 aromatic rings. The maximum absolute atomic E-state index is 14.0. The zero-order valence-corrected chi connectivity index (χ0v) is 23.0. The van der Waals surface area contributed by atoms with E-state index in [1.807, 2.05) is 74.2 Å². The smallest absolute Gasteiger partial charge is 0.236 e. The van der Waals surface area contributed by atoms with Crippen molar-refractivity contribution in [3.8, 4) is 17.2 Å². The first-order chi connectivity index (χ1) is 17.7. The molecule has 2 bridgehead atoms. The van der Waals surface area contributed by atoms with Crippen molar-refractivity contribution in [1.29, 1.82) is 0 Å². The van der Waals surface area contributed by atoms with Crippen LogP contribution in [0.15, 0.2) is 59.1 Å². The van der Waals surface area contributed by atoms with Crippen molar-refractivity contribution in [2.45, 2.75) is 39.1 Å². The highest BCUT2D eigenvalue weighted by molar-refractivity contribution is 9.10. The number of aryl methyl sites for hydroxylation is 2. The Hall–Kier alpha value is -3.30. The van der Waals surface area contributed by atoms with Gasteiger partial charge in [0.15, 0.2) is 22.3 Å². The lowest BCUT2D eigenvalue weighted by Crippen LogP contribution is -2.71. The van der Waals surface area contributed by atoms with Gasteiger partial charge in [-0.1, -0.05) is 39.7 Å². The highest BCUT2D eigenvalue weighted by atomic mass is 79.9. The molecular weight excluding hydrogens is 554 g/mol. The van der Waals surface area contributed by atoms with Crippen molar-refractivity contribution in [3.63, 3.8) is 0 Å². The first-order valence-electron chi connectivity index (χ1n) is 12.1. The Bertz CT molecular complexity index is 1450. The molecule has 2 N–H and O–H groups in total. The molecule has 3 atom stereocenters. The summed E-state index contributed by atoms with van der Waals surface area (Å²) in [5, 5.41) is 7.14. The fourth-order valence-corrected chi connectivity index (χ4v) is 6.19. The van der Waals surface area contributed by atoms with Gasteiger partial charge in [0, 0.05) is 22.3 Å². The number of amides is 1. The number of hydrogen-bond acceptors (Lipinski definition) is 5. The van der Waals surface area contributed by atoms with E-state index >= 15 is 0 Å². The van der Waals surface area contributed by atoms with Gasteiger partial charge < -0.3 is 29.7 Å². The lowest BCUT2D eigenvalue weighted by atomic mass is 9.78. The van der Waals surface area contributed by atoms with E-state index in [4.69, 9.17) is 26.4 Å². The standard InChI is InChI=1S/C28H26BrN3O4S/c1-15-4-7-20(16(2)10-15)30-26(33)24-25-19-12-18(29)6-9-21(19)36-28(24,3)32(27(37)31-25)13-17-5-8-22-23(11-17)35-14-34-22/h4-12,24-25H,13-14H2,1-3H3,(H,30,33)(H,31,37). The molecule has 0 aliphatic carbocycles. The number of rotatable bonds is 4. The molecule has 9 heteroatoms. The Balaban J connectivity index is 1.40. The number of benzene rings is 3. The number of ether oxygens (including phenoxy) is 3. The van der Waals surface area contributed by atoms with Crippen molar-refractivity contribution in [2.75, 3.05) is 12.1 Å². The van der Waals surface area contributed by atoms with Crippen LogP contribution >= 0.6 is 28.1 Å². The van der Waals surface area contributed by atoms with Gasteiger partial charge in [-0.2, -0.15) is 0 Å². The molecule has 3 unspecified atom stereocenters. The number of thiocarbonyl (C=S) groups is 1. The average molecular weight is 581 g/mol. The molecule has 7 nitrogen and oxygen atoms in total. The van der Waals surface area contributed by atoms with Crippen LogP contribution in [0.1, 0.15) is 35.2 Å². The Morgan fingerprint density at radius 3 is 2.70 bits per heavy atom. The second-order valence-corrected chi connectivity index (χ2v) is 11.1. The van der Waals surface area contributed by atoms with E-state index in [9.17, 15) is 4.79 Å². The lowest BCUT2D eigenvalue weighted by Gasteiger charge is -2.56. The second-order valence-electron chi connectivity index (χ2n) is 9.83. The third-order valence-electron chi connectivity index (χ3n) is 7.29. The first-order valence-corrected chi connectivity index (χ1v) is 13.3. The van der Waals surface area contributed by atoms with E-state index in [0.717, 1.165) is 38.2 Å². The minimum absolute atomic E-state index is 0.143. The zero-order chi connectivity index (χ0) is 25.9. The van der Waals surface area contributed by atoms with Gasteiger partial charge in [0.2, 0.25) is 12.7 Å². The number of halogens is 1. The number of hydrogen-bond donors (Lipinski definition) is 2. The summed E-state index contributed by atoms with van der Waals surface area (Å²) in [6, 6.07) is 17.3. The van der Waals surface area contributed by atoms with Gasteiger partial charge in [-0.05, 0) is 80.5 Å². The molecule has 0 radical (unpaired) electrons. The summed E-state index contributed by atoms with van der Waals surface area (Å²) < 4.78 is 18.6. The SMILES string of the molecule is Cc1ccc(NC(=O)C2C3NC(=S)N(Cc4ccc5c(c4)OCO5)C2(C)Oc2ccc(Br)cc23)c(C)c1. The molecule has 1 saturated heterocycles. The van der Waals surface area contributed by atoms with E-state index < -0.39 is 11.6 Å². The Morgan fingerprint density at radius 1 is 1.11 bits per heavy atom. The number of nitrogens with one attached hydrogen (secondary N) is 2. The number of carbonyl (C=O) groups excluding carboxylic acids is 1. The Morgan fingerprint density at radius 2 is 1.89 bits per heavy atom. The topological polar surface area (TPSA) is 72.1 Å². The minimum Gasteiger partial charge on any atom is -0.467 e. The Kier molecular flexibility index (Phi) is 5.80. The summed E-state index contributed by atoms with van der Waals surface area (Å²) in [6.07, 6.45) is 0. The first kappa shape index (κ1) is 24.1. The third-order valence-corrected chi connectivity index (χ3v) is 8.13. The van der Waals surface area contributed by atoms with Crippen LogP contribution in [0.5, 0.6) is 17.2 Å². The van der Waals surface area contributed by atoms with Crippen LogP contribution in [0.4, 0.5) is 5.69 Å². The molecule has 1 fully saturated rings. The van der Waals surface area contributed by atoms with Crippen LogP contribution in [-0.4, -0.2) is 28.4 Å². The van der Waals surface area contributed by atoms with E-state index in [0.29, 0.717) is 23.2 Å². The van der Waals surface area contributed by atoms with Crippen LogP contribution in [-0.2, 0) is 11.3 Å². The molecule has 0 aromatic heterocycles. The predicted octanol–water partition coefficient (Wildman–Crippen LogP) is 5.59. The van der Waals surface area contributed by atoms with E-state index in [2.05, 4.69) is 32.6 Å². The van der Waals surface area contributed by atoms with Crippen LogP contribution < -0.4 is 24.8 Å². The largest absolute Gasteiger partial charge is 0.467 e. The molecule has 190 valence electrons. The van der Waals surface area contributed by atoms with Crippen molar-refractivity contribution in [1.82, 2.24) is 10.2 Å². The highest BCUT2D eigenvalue weighted by Crippen LogP contribution is 2.50. The summed E-state index contributed by atoms with van der Waals surface area (Å²) in [4.78, 5) is 16.0. The zero-order valence-electron chi connectivity index (χ0n) is 20.6. The van der Waals surface area contributed by atoms with Crippen LogP contribution in [0.2, 0.25) is 0 Å². The van der Waals surface area contributed by atoms with Gasteiger partial charge in [-0.3, -0.25) is 4.79 Å². The number of fused-ring (bicyclic) bond motifs is 5. The van der Waals surface area contributed by atoms with Crippen LogP contribution in [0.3, 0.4) is 0 Å². The molecule has 3 aliphatic rings. The monoisotopic (exact) mass is 579 g/mol. The molecule has 0 saturated carbocycles. The van der Waals surface area contributed by atoms with Gasteiger partial charge in [0.1, 0.15) is 11.7 Å². The van der Waals surface area contributed by atoms with E-state index in [1.165, 1.54) is 0 Å². The van der Waals surface area contributed by atoms with Crippen molar-refractivity contribution in [3.05, 3.63) is 81.3 Å². The summed E-state index contributed by atoms with van der Waals surface area (Å²) >= 11 is 9.42. The lowest BCUT2D eigenvalue weighted by molar-refractivity contribution is -0.150. The van der Waals surface area contributed by atoms with Gasteiger partial charge in [0.25, 0.3) is 0 Å². The van der Waals surface area contributed by atoms with E-state index in [1.54, 1.807) is 0 Å². The molecule has 1 amide bonds. The minimum atomic E-state index is -1.05. The van der Waals surface area contributed by atoms with Crippen molar-refractivity contribution >= 4 is 44.9 Å². The molecule has 3 aliphatic heterocycles. The molecule has 6 rings (SSSR count). The van der Waals surface area contributed by atoms with Crippen molar-refractivity contribution in [2.24, 2.45) is 5.92 Å². The van der Waals surface area contributed by atoms with Crippen LogP contribution in [0, 0.1) is 19.8 Å². The van der Waals surface area contributed by atoms with Gasteiger partial charge >= 0.3 is 0 Å². The second kappa shape index (κ2) is 8.92. The predicted molar refractivity (Wildman–Crippen MR) is 148 cm³/mol.